The molecule has 1 aliphatic heterocycles. The Hall–Kier alpha value is -0.440. The van der Waals surface area contributed by atoms with E-state index in [9.17, 15) is 0 Å². The molecule has 0 saturated carbocycles. The molecular weight excluding hydrogens is 168 g/mol. The lowest BCUT2D eigenvalue weighted by molar-refractivity contribution is 0.689. The van der Waals surface area contributed by atoms with Crippen molar-refractivity contribution in [1.29, 1.82) is 0 Å². The Kier molecular flexibility index (Phi) is 2.13. The van der Waals surface area contributed by atoms with Gasteiger partial charge in [0.15, 0.2) is 0 Å². The van der Waals surface area contributed by atoms with Gasteiger partial charge in [-0.05, 0) is 31.9 Å². The van der Waals surface area contributed by atoms with Crippen molar-refractivity contribution in [3.63, 3.8) is 0 Å². The lowest BCUT2D eigenvalue weighted by Crippen LogP contribution is -1.92. The van der Waals surface area contributed by atoms with Crippen LogP contribution in [0.25, 0.3) is 0 Å². The highest BCUT2D eigenvalue weighted by Gasteiger charge is 2.15. The number of fused-ring (bicyclic) bond motifs is 1. The number of aromatic nitrogens is 2. The number of hydrogen-bond donors (Lipinski definition) is 0. The molecule has 0 unspecified atom stereocenters. The van der Waals surface area contributed by atoms with Crippen LogP contribution in [0.5, 0.6) is 0 Å². The van der Waals surface area contributed by atoms with Crippen LogP contribution in [0, 0.1) is 6.92 Å². The van der Waals surface area contributed by atoms with Crippen LogP contribution in [-0.4, -0.2) is 15.5 Å². The predicted octanol–water partition coefficient (Wildman–Crippen LogP) is 2.16. The van der Waals surface area contributed by atoms with Gasteiger partial charge in [-0.3, -0.25) is 4.68 Å². The fourth-order valence-corrected chi connectivity index (χ4v) is 2.92. The van der Waals surface area contributed by atoms with Crippen molar-refractivity contribution >= 4 is 11.8 Å². The van der Waals surface area contributed by atoms with Crippen LogP contribution in [0.1, 0.15) is 24.1 Å². The molecule has 66 valence electrons. The van der Waals surface area contributed by atoms with Crippen molar-refractivity contribution in [2.45, 2.75) is 31.2 Å². The summed E-state index contributed by atoms with van der Waals surface area (Å²) in [7, 11) is 2.05. The van der Waals surface area contributed by atoms with Crippen molar-refractivity contribution < 1.29 is 0 Å². The summed E-state index contributed by atoms with van der Waals surface area (Å²) in [5, 5.41) is 5.82. The van der Waals surface area contributed by atoms with Gasteiger partial charge in [0.25, 0.3) is 0 Å². The summed E-state index contributed by atoms with van der Waals surface area (Å²) >= 11 is 1.96. The van der Waals surface area contributed by atoms with Crippen LogP contribution in [0.15, 0.2) is 5.03 Å². The van der Waals surface area contributed by atoms with E-state index >= 15 is 0 Å². The Labute approximate surface area is 77.3 Å². The van der Waals surface area contributed by atoms with Gasteiger partial charge < -0.3 is 0 Å². The van der Waals surface area contributed by atoms with E-state index in [0.29, 0.717) is 0 Å². The first-order valence-electron chi connectivity index (χ1n) is 4.44. The molecule has 0 radical (unpaired) electrons. The van der Waals surface area contributed by atoms with E-state index in [1.807, 2.05) is 23.5 Å². The van der Waals surface area contributed by atoms with Crippen LogP contribution in [0.4, 0.5) is 0 Å². The highest BCUT2D eigenvalue weighted by Crippen LogP contribution is 2.30. The number of thioether (sulfide) groups is 1. The molecule has 0 spiro atoms. The average Bonchev–Trinajstić information content (AvgIpc) is 2.29. The van der Waals surface area contributed by atoms with E-state index in [0.717, 1.165) is 0 Å². The summed E-state index contributed by atoms with van der Waals surface area (Å²) in [6.45, 7) is 2.12. The van der Waals surface area contributed by atoms with Crippen LogP contribution in [-0.2, 0) is 13.5 Å². The van der Waals surface area contributed by atoms with Gasteiger partial charge in [0.05, 0.1) is 10.7 Å². The molecule has 2 rings (SSSR count). The van der Waals surface area contributed by atoms with Crippen LogP contribution < -0.4 is 0 Å². The average molecular weight is 182 g/mol. The van der Waals surface area contributed by atoms with E-state index in [-0.39, 0.29) is 0 Å². The molecule has 0 amide bonds. The Morgan fingerprint density at radius 2 is 2.25 bits per heavy atom. The number of rotatable bonds is 0. The van der Waals surface area contributed by atoms with E-state index in [1.165, 1.54) is 41.3 Å². The number of nitrogens with zero attached hydrogens (tertiary/aromatic N) is 2. The maximum absolute atomic E-state index is 4.43. The maximum atomic E-state index is 4.43. The fourth-order valence-electron chi connectivity index (χ4n) is 1.72. The third-order valence-corrected chi connectivity index (χ3v) is 3.63. The second kappa shape index (κ2) is 3.13. The molecule has 0 fully saturated rings. The summed E-state index contributed by atoms with van der Waals surface area (Å²) < 4.78 is 2.03. The molecule has 3 heteroatoms. The van der Waals surface area contributed by atoms with Crippen molar-refractivity contribution in [3.8, 4) is 0 Å². The minimum absolute atomic E-state index is 1.22. The largest absolute Gasteiger partial charge is 0.262 e. The topological polar surface area (TPSA) is 17.8 Å². The molecular formula is C9H14N2S. The Balaban J connectivity index is 2.44. The van der Waals surface area contributed by atoms with Gasteiger partial charge in [-0.25, -0.2) is 0 Å². The summed E-state index contributed by atoms with van der Waals surface area (Å²) in [4.78, 5) is 0. The van der Waals surface area contributed by atoms with Crippen LogP contribution >= 0.6 is 11.8 Å². The second-order valence-electron chi connectivity index (χ2n) is 3.30. The maximum Gasteiger partial charge on any atom is 0.0971 e. The summed E-state index contributed by atoms with van der Waals surface area (Å²) in [5.74, 6) is 1.26. The molecule has 2 heterocycles. The molecule has 0 N–H and O–H groups in total. The van der Waals surface area contributed by atoms with E-state index < -0.39 is 0 Å². The van der Waals surface area contributed by atoms with Crippen LogP contribution in [0.2, 0.25) is 0 Å². The normalized spacial score (nSPS) is 17.2. The van der Waals surface area contributed by atoms with Gasteiger partial charge in [0.2, 0.25) is 0 Å². The predicted molar refractivity (Wildman–Crippen MR) is 51.6 cm³/mol. The Morgan fingerprint density at radius 3 is 3.08 bits per heavy atom. The molecule has 0 bridgehead atoms. The SMILES string of the molecule is Cc1nn(C)c2c1CCCCS2. The molecule has 0 aromatic carbocycles. The molecule has 1 aromatic rings. The zero-order valence-corrected chi connectivity index (χ0v) is 8.45. The highest BCUT2D eigenvalue weighted by atomic mass is 32.2. The van der Waals surface area contributed by atoms with E-state index in [4.69, 9.17) is 0 Å². The smallest absolute Gasteiger partial charge is 0.0971 e. The Bertz CT molecular complexity index is 264. The monoisotopic (exact) mass is 182 g/mol. The van der Waals surface area contributed by atoms with Crippen molar-refractivity contribution in [2.75, 3.05) is 5.75 Å². The molecule has 0 saturated heterocycles. The van der Waals surface area contributed by atoms with E-state index in [1.54, 1.807) is 0 Å². The molecule has 1 aliphatic rings. The van der Waals surface area contributed by atoms with Crippen LogP contribution in [0.3, 0.4) is 0 Å². The number of aryl methyl sites for hydroxylation is 2. The first-order chi connectivity index (χ1) is 5.79. The van der Waals surface area contributed by atoms with Gasteiger partial charge >= 0.3 is 0 Å². The number of hydrogen-bond acceptors (Lipinski definition) is 2. The third kappa shape index (κ3) is 1.26. The summed E-state index contributed by atoms with van der Waals surface area (Å²) in [6, 6.07) is 0. The minimum atomic E-state index is 1.22. The van der Waals surface area contributed by atoms with Gasteiger partial charge in [-0.2, -0.15) is 5.10 Å². The van der Waals surface area contributed by atoms with Gasteiger partial charge in [-0.15, -0.1) is 11.8 Å². The van der Waals surface area contributed by atoms with Gasteiger partial charge in [0, 0.05) is 12.6 Å². The van der Waals surface area contributed by atoms with Crippen molar-refractivity contribution in [2.24, 2.45) is 7.05 Å². The van der Waals surface area contributed by atoms with E-state index in [2.05, 4.69) is 12.0 Å². The summed E-state index contributed by atoms with van der Waals surface area (Å²) in [5.41, 5.74) is 2.71. The van der Waals surface area contributed by atoms with Gasteiger partial charge in [0.1, 0.15) is 0 Å². The lowest BCUT2D eigenvalue weighted by atomic mass is 10.1. The Morgan fingerprint density at radius 1 is 1.42 bits per heavy atom. The summed E-state index contributed by atoms with van der Waals surface area (Å²) in [6.07, 6.45) is 3.90. The minimum Gasteiger partial charge on any atom is -0.262 e. The third-order valence-electron chi connectivity index (χ3n) is 2.35. The van der Waals surface area contributed by atoms with Crippen molar-refractivity contribution in [1.82, 2.24) is 9.78 Å². The molecule has 1 aromatic heterocycles. The lowest BCUT2D eigenvalue weighted by Gasteiger charge is -1.98. The van der Waals surface area contributed by atoms with Gasteiger partial charge in [-0.1, -0.05) is 0 Å². The molecule has 2 nitrogen and oxygen atoms in total. The molecule has 0 aliphatic carbocycles. The van der Waals surface area contributed by atoms with Crippen molar-refractivity contribution in [3.05, 3.63) is 11.3 Å². The molecule has 0 atom stereocenters. The quantitative estimate of drug-likeness (QED) is 0.612. The highest BCUT2D eigenvalue weighted by molar-refractivity contribution is 7.99. The standard InChI is InChI=1S/C9H14N2S/c1-7-8-5-3-4-6-12-9(8)11(2)10-7/h3-6H2,1-2H3. The molecule has 12 heavy (non-hydrogen) atoms. The first kappa shape index (κ1) is 8.17. The zero-order chi connectivity index (χ0) is 8.55. The zero-order valence-electron chi connectivity index (χ0n) is 7.63. The first-order valence-corrected chi connectivity index (χ1v) is 5.43. The fraction of sp³-hybridized carbons (Fsp3) is 0.667. The second-order valence-corrected chi connectivity index (χ2v) is 4.38.